The van der Waals surface area contributed by atoms with Gasteiger partial charge in [-0.15, -0.1) is 0 Å². The van der Waals surface area contributed by atoms with E-state index in [0.29, 0.717) is 5.92 Å². The van der Waals surface area contributed by atoms with Crippen molar-refractivity contribution >= 4 is 0 Å². The van der Waals surface area contributed by atoms with Gasteiger partial charge in [-0.1, -0.05) is 72.8 Å². The summed E-state index contributed by atoms with van der Waals surface area (Å²) >= 11 is 0. The van der Waals surface area contributed by atoms with Crippen molar-refractivity contribution in [3.63, 3.8) is 0 Å². The van der Waals surface area contributed by atoms with E-state index in [1.807, 2.05) is 6.08 Å². The smallest absolute Gasteiger partial charge is 0.0124 e. The molecule has 0 heterocycles. The Hall–Kier alpha value is -1.82. The molecule has 0 nitrogen and oxygen atoms in total. The van der Waals surface area contributed by atoms with Crippen LogP contribution in [0.4, 0.5) is 0 Å². The average molecular weight is 221 g/mol. The van der Waals surface area contributed by atoms with Crippen molar-refractivity contribution in [1.82, 2.24) is 0 Å². The zero-order valence-electron chi connectivity index (χ0n) is 9.92. The summed E-state index contributed by atoms with van der Waals surface area (Å²) in [4.78, 5) is 0. The van der Waals surface area contributed by atoms with E-state index in [2.05, 4.69) is 73.7 Å². The Bertz CT molecular complexity index is 414. The molecule has 0 heteroatoms. The highest BCUT2D eigenvalue weighted by atomic mass is 14.1. The lowest BCUT2D eigenvalue weighted by Gasteiger charge is -2.16. The van der Waals surface area contributed by atoms with Crippen molar-refractivity contribution in [2.75, 3.05) is 0 Å². The molecule has 0 aliphatic heterocycles. The van der Waals surface area contributed by atoms with Gasteiger partial charge in [-0.25, -0.2) is 0 Å². The van der Waals surface area contributed by atoms with Crippen molar-refractivity contribution in [2.24, 2.45) is 0 Å². The maximum Gasteiger partial charge on any atom is 0.0124 e. The van der Waals surface area contributed by atoms with E-state index in [1.165, 1.54) is 11.1 Å². The first-order chi connectivity index (χ1) is 8.42. The minimum atomic E-state index is 0.426. The van der Waals surface area contributed by atoms with Gasteiger partial charge in [0.05, 0.1) is 0 Å². The first kappa shape index (κ1) is 11.7. The molecule has 0 aliphatic carbocycles. The predicted octanol–water partition coefficient (Wildman–Crippen LogP) is 4.60. The van der Waals surface area contributed by atoms with Crippen molar-refractivity contribution < 1.29 is 0 Å². The van der Waals surface area contributed by atoms with Gasteiger partial charge in [-0.05, 0) is 24.5 Å². The van der Waals surface area contributed by atoms with Crippen LogP contribution in [0.25, 0.3) is 0 Å². The number of hydrogen-bond donors (Lipinski definition) is 0. The maximum absolute atomic E-state index is 3.76. The van der Waals surface area contributed by atoms with E-state index in [1.54, 1.807) is 0 Å². The van der Waals surface area contributed by atoms with Crippen molar-refractivity contribution in [3.05, 3.63) is 90.9 Å². The van der Waals surface area contributed by atoms with E-state index < -0.39 is 0 Å². The normalized spacial score (nSPS) is 11.2. The van der Waals surface area contributed by atoms with Gasteiger partial charge in [-0.2, -0.15) is 0 Å². The summed E-state index contributed by atoms with van der Waals surface area (Å²) in [5.74, 6) is 0.426. The lowest BCUT2D eigenvalue weighted by atomic mass is 9.88. The zero-order valence-corrected chi connectivity index (χ0v) is 9.92. The molecular weight excluding hydrogens is 204 g/mol. The Balaban J connectivity index is 2.32. The summed E-state index contributed by atoms with van der Waals surface area (Å²) in [6.07, 6.45) is 5.00. The number of allylic oxidation sites excluding steroid dienone is 2. The molecule has 1 radical (unpaired) electrons. The summed E-state index contributed by atoms with van der Waals surface area (Å²) in [6.45, 7) is 3.76. The quantitative estimate of drug-likeness (QED) is 0.708. The molecule has 0 atom stereocenters. The minimum absolute atomic E-state index is 0.426. The molecule has 0 fully saturated rings. The molecule has 0 aliphatic rings. The monoisotopic (exact) mass is 221 g/mol. The zero-order chi connectivity index (χ0) is 11.9. The van der Waals surface area contributed by atoms with Gasteiger partial charge in [-0.3, -0.25) is 0 Å². The molecule has 0 amide bonds. The van der Waals surface area contributed by atoms with Crippen LogP contribution in [0, 0.1) is 6.92 Å². The lowest BCUT2D eigenvalue weighted by molar-refractivity contribution is 0.829. The van der Waals surface area contributed by atoms with E-state index in [9.17, 15) is 0 Å². The third kappa shape index (κ3) is 3.07. The Morgan fingerprint density at radius 1 is 0.824 bits per heavy atom. The summed E-state index contributed by atoms with van der Waals surface area (Å²) < 4.78 is 0. The van der Waals surface area contributed by atoms with Crippen molar-refractivity contribution in [2.45, 2.75) is 12.3 Å². The second kappa shape index (κ2) is 6.05. The fourth-order valence-electron chi connectivity index (χ4n) is 2.07. The summed E-state index contributed by atoms with van der Waals surface area (Å²) in [5.41, 5.74) is 2.72. The van der Waals surface area contributed by atoms with Crippen molar-refractivity contribution in [3.8, 4) is 0 Å². The highest BCUT2D eigenvalue weighted by Crippen LogP contribution is 2.27. The van der Waals surface area contributed by atoms with Crippen LogP contribution in [0.3, 0.4) is 0 Å². The van der Waals surface area contributed by atoms with Gasteiger partial charge in [0.1, 0.15) is 0 Å². The van der Waals surface area contributed by atoms with Crippen LogP contribution in [0.1, 0.15) is 23.5 Å². The first-order valence-electron chi connectivity index (χ1n) is 5.96. The third-order valence-corrected chi connectivity index (χ3v) is 2.94. The summed E-state index contributed by atoms with van der Waals surface area (Å²) in [5, 5.41) is 0. The number of rotatable bonds is 4. The molecule has 0 saturated carbocycles. The van der Waals surface area contributed by atoms with E-state index in [0.717, 1.165) is 6.42 Å². The van der Waals surface area contributed by atoms with Gasteiger partial charge < -0.3 is 0 Å². The van der Waals surface area contributed by atoms with Crippen LogP contribution < -0.4 is 0 Å². The van der Waals surface area contributed by atoms with Crippen LogP contribution in [0.2, 0.25) is 0 Å². The standard InChI is InChI=1S/C17H17/c1-2-3-14-17(15-10-6-4-7-11-15)16-12-8-5-9-13-16/h2-13,17H,1,14H2/b3-2+. The van der Waals surface area contributed by atoms with Gasteiger partial charge in [0.15, 0.2) is 0 Å². The molecule has 2 aromatic rings. The molecule has 0 unspecified atom stereocenters. The van der Waals surface area contributed by atoms with Crippen LogP contribution in [-0.4, -0.2) is 0 Å². The largest absolute Gasteiger partial charge is 0.0882 e. The third-order valence-electron chi connectivity index (χ3n) is 2.94. The molecule has 0 bridgehead atoms. The first-order valence-corrected chi connectivity index (χ1v) is 5.96. The molecule has 0 N–H and O–H groups in total. The molecule has 2 aromatic carbocycles. The maximum atomic E-state index is 3.76. The molecular formula is C17H17. The minimum Gasteiger partial charge on any atom is -0.0882 e. The topological polar surface area (TPSA) is 0 Å². The average Bonchev–Trinajstić information content (AvgIpc) is 2.42. The van der Waals surface area contributed by atoms with E-state index in [-0.39, 0.29) is 0 Å². The fourth-order valence-corrected chi connectivity index (χ4v) is 2.07. The second-order valence-corrected chi connectivity index (χ2v) is 4.08. The van der Waals surface area contributed by atoms with Crippen LogP contribution in [0.5, 0.6) is 0 Å². The Morgan fingerprint density at radius 3 is 1.71 bits per heavy atom. The molecule has 0 aromatic heterocycles. The second-order valence-electron chi connectivity index (χ2n) is 4.08. The SMILES string of the molecule is [CH2]/C=C/CC(c1ccccc1)c1ccccc1. The predicted molar refractivity (Wildman–Crippen MR) is 73.8 cm³/mol. The fraction of sp³-hybridized carbons (Fsp3) is 0.118. The van der Waals surface area contributed by atoms with Crippen LogP contribution >= 0.6 is 0 Å². The van der Waals surface area contributed by atoms with Gasteiger partial charge in [0, 0.05) is 5.92 Å². The van der Waals surface area contributed by atoms with E-state index in [4.69, 9.17) is 0 Å². The Morgan fingerprint density at radius 2 is 1.29 bits per heavy atom. The van der Waals surface area contributed by atoms with Gasteiger partial charge in [0.25, 0.3) is 0 Å². The summed E-state index contributed by atoms with van der Waals surface area (Å²) in [7, 11) is 0. The van der Waals surface area contributed by atoms with E-state index >= 15 is 0 Å². The molecule has 85 valence electrons. The highest BCUT2D eigenvalue weighted by molar-refractivity contribution is 5.33. The van der Waals surface area contributed by atoms with Crippen LogP contribution in [0.15, 0.2) is 72.8 Å². The highest BCUT2D eigenvalue weighted by Gasteiger charge is 2.11. The molecule has 0 saturated heterocycles. The molecule has 17 heavy (non-hydrogen) atoms. The van der Waals surface area contributed by atoms with Gasteiger partial charge >= 0.3 is 0 Å². The van der Waals surface area contributed by atoms with Gasteiger partial charge in [0.2, 0.25) is 0 Å². The van der Waals surface area contributed by atoms with Crippen LogP contribution in [-0.2, 0) is 0 Å². The number of benzene rings is 2. The molecule has 0 spiro atoms. The Kier molecular flexibility index (Phi) is 4.15. The van der Waals surface area contributed by atoms with Crippen molar-refractivity contribution in [1.29, 1.82) is 0 Å². The molecule has 2 rings (SSSR count). The lowest BCUT2D eigenvalue weighted by Crippen LogP contribution is -1.99. The number of hydrogen-bond acceptors (Lipinski definition) is 0. The summed E-state index contributed by atoms with van der Waals surface area (Å²) in [6, 6.07) is 21.3. The Labute approximate surface area is 104 Å².